The summed E-state index contributed by atoms with van der Waals surface area (Å²) in [7, 11) is 0. The largest absolute Gasteiger partial charge is 0.390 e. The van der Waals surface area contributed by atoms with Crippen LogP contribution in [0.3, 0.4) is 0 Å². The van der Waals surface area contributed by atoms with Crippen LogP contribution in [0.5, 0.6) is 0 Å². The van der Waals surface area contributed by atoms with Gasteiger partial charge in [0.15, 0.2) is 0 Å². The third kappa shape index (κ3) is 4.33. The van der Waals surface area contributed by atoms with Crippen LogP contribution in [0.15, 0.2) is 22.7 Å². The van der Waals surface area contributed by atoms with Crippen LogP contribution in [-0.2, 0) is 0 Å². The first kappa shape index (κ1) is 14.0. The highest BCUT2D eigenvalue weighted by Crippen LogP contribution is 2.20. The van der Waals surface area contributed by atoms with Gasteiger partial charge < -0.3 is 5.32 Å². The Balaban J connectivity index is 2.65. The van der Waals surface area contributed by atoms with Crippen LogP contribution in [0.2, 0.25) is 0 Å². The normalized spacial score (nSPS) is 11.4. The van der Waals surface area contributed by atoms with E-state index in [4.69, 9.17) is 0 Å². The zero-order chi connectivity index (χ0) is 13.1. The van der Waals surface area contributed by atoms with Gasteiger partial charge in [-0.1, -0.05) is 6.07 Å². The molecule has 0 heterocycles. The molecule has 0 saturated heterocycles. The summed E-state index contributed by atoms with van der Waals surface area (Å²) in [6, 6.07) is 3.87. The minimum absolute atomic E-state index is 0.196. The van der Waals surface area contributed by atoms with Gasteiger partial charge in [0.2, 0.25) is 0 Å². The topological polar surface area (TPSA) is 29.1 Å². The van der Waals surface area contributed by atoms with Crippen molar-refractivity contribution in [2.75, 3.05) is 6.54 Å². The molecule has 0 aliphatic rings. The monoisotopic (exact) mass is 313 g/mol. The number of alkyl halides is 3. The average molecular weight is 314 g/mol. The van der Waals surface area contributed by atoms with Gasteiger partial charge in [-0.05, 0) is 28.1 Å². The number of amides is 1. The molecule has 1 N–H and O–H groups in total. The summed E-state index contributed by atoms with van der Waals surface area (Å²) in [5, 5.41) is 2.01. The number of halogens is 5. The predicted molar refractivity (Wildman–Crippen MR) is 57.1 cm³/mol. The Morgan fingerprint density at radius 1 is 1.35 bits per heavy atom. The van der Waals surface area contributed by atoms with Gasteiger partial charge in [0.05, 0.1) is 12.0 Å². The van der Waals surface area contributed by atoms with Crippen molar-refractivity contribution >= 4 is 21.8 Å². The highest BCUT2D eigenvalue weighted by atomic mass is 79.9. The Bertz CT molecular complexity index is 399. The Kier molecular flexibility index (Phi) is 4.50. The van der Waals surface area contributed by atoms with Crippen molar-refractivity contribution in [3.8, 4) is 0 Å². The minimum Gasteiger partial charge on any atom is -0.352 e. The maximum Gasteiger partial charge on any atom is 0.390 e. The Hall–Kier alpha value is -1.11. The molecule has 0 aromatic heterocycles. The van der Waals surface area contributed by atoms with Crippen molar-refractivity contribution in [2.24, 2.45) is 0 Å². The van der Waals surface area contributed by atoms with E-state index in [9.17, 15) is 22.4 Å². The summed E-state index contributed by atoms with van der Waals surface area (Å²) < 4.78 is 48.9. The molecular formula is C10H8BrF4NO. The van der Waals surface area contributed by atoms with Gasteiger partial charge >= 0.3 is 6.18 Å². The quantitative estimate of drug-likeness (QED) is 0.853. The van der Waals surface area contributed by atoms with Crippen molar-refractivity contribution < 1.29 is 22.4 Å². The Labute approximate surface area is 103 Å². The maximum atomic E-state index is 13.2. The van der Waals surface area contributed by atoms with Crippen LogP contribution in [-0.4, -0.2) is 18.6 Å². The van der Waals surface area contributed by atoms with Gasteiger partial charge in [0, 0.05) is 11.0 Å². The third-order valence-corrected chi connectivity index (χ3v) is 2.54. The first-order chi connectivity index (χ1) is 7.81. The van der Waals surface area contributed by atoms with E-state index in [0.29, 0.717) is 0 Å². The fourth-order valence-electron chi connectivity index (χ4n) is 1.12. The standard InChI is InChI=1S/C10H8BrF4NO/c11-6-2-1-3-7(12)8(6)9(17)16-5-4-10(13,14)15/h1-3H,4-5H2,(H,16,17). The lowest BCUT2D eigenvalue weighted by Crippen LogP contribution is -2.28. The second-order valence-corrected chi connectivity index (χ2v) is 4.07. The molecule has 0 bridgehead atoms. The van der Waals surface area contributed by atoms with E-state index < -0.39 is 30.9 Å². The molecule has 94 valence electrons. The molecule has 1 aromatic rings. The number of nitrogens with one attached hydrogen (secondary N) is 1. The van der Waals surface area contributed by atoms with Crippen LogP contribution in [0.1, 0.15) is 16.8 Å². The summed E-state index contributed by atoms with van der Waals surface area (Å²) in [6.45, 7) is -0.580. The minimum atomic E-state index is -4.35. The molecule has 0 atom stereocenters. The lowest BCUT2D eigenvalue weighted by Gasteiger charge is -2.09. The summed E-state index contributed by atoms with van der Waals surface area (Å²) in [5.74, 6) is -1.66. The van der Waals surface area contributed by atoms with E-state index in [1.165, 1.54) is 12.1 Å². The molecule has 17 heavy (non-hydrogen) atoms. The first-order valence-electron chi connectivity index (χ1n) is 4.60. The van der Waals surface area contributed by atoms with Gasteiger partial charge in [0.25, 0.3) is 5.91 Å². The van der Waals surface area contributed by atoms with Crippen LogP contribution >= 0.6 is 15.9 Å². The fraction of sp³-hybridized carbons (Fsp3) is 0.300. The van der Waals surface area contributed by atoms with Crippen LogP contribution in [0.25, 0.3) is 0 Å². The second-order valence-electron chi connectivity index (χ2n) is 3.22. The lowest BCUT2D eigenvalue weighted by molar-refractivity contribution is -0.132. The van der Waals surface area contributed by atoms with E-state index in [1.807, 2.05) is 5.32 Å². The molecule has 7 heteroatoms. The van der Waals surface area contributed by atoms with Crippen LogP contribution < -0.4 is 5.32 Å². The predicted octanol–water partition coefficient (Wildman–Crippen LogP) is 3.27. The lowest BCUT2D eigenvalue weighted by atomic mass is 10.2. The molecule has 0 radical (unpaired) electrons. The molecule has 0 aliphatic carbocycles. The highest BCUT2D eigenvalue weighted by Gasteiger charge is 2.27. The molecule has 1 amide bonds. The van der Waals surface area contributed by atoms with Crippen molar-refractivity contribution in [3.63, 3.8) is 0 Å². The summed E-state index contributed by atoms with van der Waals surface area (Å²) in [6.07, 6.45) is -5.50. The van der Waals surface area contributed by atoms with Gasteiger partial charge in [-0.3, -0.25) is 4.79 Å². The second kappa shape index (κ2) is 5.48. The van der Waals surface area contributed by atoms with E-state index in [0.717, 1.165) is 6.07 Å². The van der Waals surface area contributed by atoms with Crippen molar-refractivity contribution in [2.45, 2.75) is 12.6 Å². The SMILES string of the molecule is O=C(NCCC(F)(F)F)c1c(F)cccc1Br. The fourth-order valence-corrected chi connectivity index (χ4v) is 1.64. The zero-order valence-corrected chi connectivity index (χ0v) is 10.0. The van der Waals surface area contributed by atoms with E-state index in [2.05, 4.69) is 15.9 Å². The number of carbonyl (C=O) groups is 1. The number of hydrogen-bond acceptors (Lipinski definition) is 1. The number of rotatable bonds is 3. The van der Waals surface area contributed by atoms with E-state index >= 15 is 0 Å². The van der Waals surface area contributed by atoms with Gasteiger partial charge in [0.1, 0.15) is 5.82 Å². The first-order valence-corrected chi connectivity index (χ1v) is 5.39. The van der Waals surface area contributed by atoms with Crippen LogP contribution in [0.4, 0.5) is 17.6 Å². The number of hydrogen-bond donors (Lipinski definition) is 1. The van der Waals surface area contributed by atoms with Gasteiger partial charge in [-0.25, -0.2) is 4.39 Å². The Morgan fingerprint density at radius 2 is 2.00 bits per heavy atom. The smallest absolute Gasteiger partial charge is 0.352 e. The van der Waals surface area contributed by atoms with Crippen LogP contribution in [0, 0.1) is 5.82 Å². The molecule has 0 aliphatic heterocycles. The average Bonchev–Trinajstić information content (AvgIpc) is 2.15. The Morgan fingerprint density at radius 3 is 2.53 bits per heavy atom. The van der Waals surface area contributed by atoms with Gasteiger partial charge in [-0.15, -0.1) is 0 Å². The molecular weight excluding hydrogens is 306 g/mol. The number of benzene rings is 1. The van der Waals surface area contributed by atoms with Gasteiger partial charge in [-0.2, -0.15) is 13.2 Å². The molecule has 1 aromatic carbocycles. The third-order valence-electron chi connectivity index (χ3n) is 1.88. The summed E-state index contributed by atoms with van der Waals surface area (Å²) in [4.78, 5) is 11.4. The molecule has 0 saturated carbocycles. The molecule has 0 spiro atoms. The van der Waals surface area contributed by atoms with Crippen molar-refractivity contribution in [3.05, 3.63) is 34.1 Å². The highest BCUT2D eigenvalue weighted by molar-refractivity contribution is 9.10. The van der Waals surface area contributed by atoms with E-state index in [-0.39, 0.29) is 10.0 Å². The molecule has 1 rings (SSSR count). The van der Waals surface area contributed by atoms with E-state index in [1.54, 1.807) is 0 Å². The maximum absolute atomic E-state index is 13.2. The van der Waals surface area contributed by atoms with Crippen molar-refractivity contribution in [1.82, 2.24) is 5.32 Å². The summed E-state index contributed by atoms with van der Waals surface area (Å²) in [5.41, 5.74) is -0.297. The zero-order valence-electron chi connectivity index (χ0n) is 8.44. The number of carbonyl (C=O) groups excluding carboxylic acids is 1. The molecule has 0 fully saturated rings. The molecule has 2 nitrogen and oxygen atoms in total. The summed E-state index contributed by atoms with van der Waals surface area (Å²) >= 11 is 2.96. The molecule has 0 unspecified atom stereocenters. The van der Waals surface area contributed by atoms with Crippen molar-refractivity contribution in [1.29, 1.82) is 0 Å².